The summed E-state index contributed by atoms with van der Waals surface area (Å²) in [6.45, 7) is 1.10. The van der Waals surface area contributed by atoms with Gasteiger partial charge in [0, 0.05) is 24.5 Å². The van der Waals surface area contributed by atoms with E-state index in [9.17, 15) is 22.8 Å². The lowest BCUT2D eigenvalue weighted by atomic mass is 10.1. The number of rotatable bonds is 4. The summed E-state index contributed by atoms with van der Waals surface area (Å²) in [6, 6.07) is 3.20. The van der Waals surface area contributed by atoms with Gasteiger partial charge in [-0.2, -0.15) is 13.2 Å². The summed E-state index contributed by atoms with van der Waals surface area (Å²) in [5.41, 5.74) is -0.694. The Hall–Kier alpha value is -1.74. The molecular weight excluding hydrogens is 357 g/mol. The highest BCUT2D eigenvalue weighted by atomic mass is 32.2. The largest absolute Gasteiger partial charge is 0.416 e. The summed E-state index contributed by atoms with van der Waals surface area (Å²) in [6.07, 6.45) is -2.63. The first-order valence-electron chi connectivity index (χ1n) is 7.90. The van der Waals surface area contributed by atoms with E-state index >= 15 is 0 Å². The van der Waals surface area contributed by atoms with Gasteiger partial charge < -0.3 is 15.4 Å². The van der Waals surface area contributed by atoms with Gasteiger partial charge in [0.1, 0.15) is 0 Å². The Kier molecular flexibility index (Phi) is 5.24. The summed E-state index contributed by atoms with van der Waals surface area (Å²) in [4.78, 5) is 24.6. The minimum Gasteiger partial charge on any atom is -0.376 e. The molecule has 2 heterocycles. The molecule has 1 fully saturated rings. The van der Waals surface area contributed by atoms with E-state index < -0.39 is 22.9 Å². The van der Waals surface area contributed by atoms with Crippen LogP contribution in [0.15, 0.2) is 23.1 Å². The third kappa shape index (κ3) is 4.46. The number of fused-ring (bicyclic) bond motifs is 1. The fraction of sp³-hybridized carbons (Fsp3) is 0.500. The van der Waals surface area contributed by atoms with E-state index in [2.05, 4.69) is 10.6 Å². The van der Waals surface area contributed by atoms with Crippen LogP contribution >= 0.6 is 11.8 Å². The van der Waals surface area contributed by atoms with Crippen molar-refractivity contribution in [3.8, 4) is 0 Å². The summed E-state index contributed by atoms with van der Waals surface area (Å²) >= 11 is 1.10. The van der Waals surface area contributed by atoms with Crippen molar-refractivity contribution in [3.05, 3.63) is 23.8 Å². The second-order valence-corrected chi connectivity index (χ2v) is 7.19. The van der Waals surface area contributed by atoms with E-state index in [4.69, 9.17) is 4.74 Å². The molecule has 9 heteroatoms. The van der Waals surface area contributed by atoms with Gasteiger partial charge in [-0.05, 0) is 31.0 Å². The lowest BCUT2D eigenvalue weighted by Gasteiger charge is -2.24. The molecular formula is C16H17F3N2O3S. The van der Waals surface area contributed by atoms with E-state index in [-0.39, 0.29) is 24.1 Å². The Labute approximate surface area is 146 Å². The molecule has 25 heavy (non-hydrogen) atoms. The molecule has 0 radical (unpaired) electrons. The number of thioether (sulfide) groups is 1. The van der Waals surface area contributed by atoms with Crippen LogP contribution in [0, 0.1) is 0 Å². The van der Waals surface area contributed by atoms with Crippen LogP contribution in [0.2, 0.25) is 0 Å². The number of ether oxygens (including phenoxy) is 1. The van der Waals surface area contributed by atoms with Gasteiger partial charge in [0.25, 0.3) is 0 Å². The number of amides is 2. The monoisotopic (exact) mass is 374 g/mol. The standard InChI is InChI=1S/C16H17F3N2O3S/c17-16(18,19)9-3-4-12-11(6-9)21-15(23)13(25-12)7-14(22)20-8-10-2-1-5-24-10/h3-4,6,10,13H,1-2,5,7-8H2,(H,20,22)(H,21,23)/t10-,13-/m1/s1. The summed E-state index contributed by atoms with van der Waals surface area (Å²) in [5, 5.41) is 4.53. The zero-order valence-corrected chi connectivity index (χ0v) is 14.0. The zero-order chi connectivity index (χ0) is 18.0. The first-order valence-corrected chi connectivity index (χ1v) is 8.78. The minimum absolute atomic E-state index is 0.0123. The molecule has 5 nitrogen and oxygen atoms in total. The number of alkyl halides is 3. The van der Waals surface area contributed by atoms with Gasteiger partial charge in [-0.1, -0.05) is 0 Å². The highest BCUT2D eigenvalue weighted by Gasteiger charge is 2.34. The number of hydrogen-bond donors (Lipinski definition) is 2. The van der Waals surface area contributed by atoms with Crippen LogP contribution in [0.5, 0.6) is 0 Å². The predicted molar refractivity (Wildman–Crippen MR) is 86.3 cm³/mol. The average Bonchev–Trinajstić information content (AvgIpc) is 3.06. The molecule has 0 bridgehead atoms. The van der Waals surface area contributed by atoms with Crippen LogP contribution in [0.4, 0.5) is 18.9 Å². The van der Waals surface area contributed by atoms with E-state index in [1.807, 2.05) is 0 Å². The number of carbonyl (C=O) groups is 2. The van der Waals surface area contributed by atoms with Crippen molar-refractivity contribution in [2.75, 3.05) is 18.5 Å². The van der Waals surface area contributed by atoms with Gasteiger partial charge in [0.05, 0.1) is 22.6 Å². The van der Waals surface area contributed by atoms with E-state index in [1.54, 1.807) is 0 Å². The smallest absolute Gasteiger partial charge is 0.376 e. The van der Waals surface area contributed by atoms with Gasteiger partial charge in [0.15, 0.2) is 0 Å². The first kappa shape index (κ1) is 18.1. The van der Waals surface area contributed by atoms with Gasteiger partial charge in [0.2, 0.25) is 11.8 Å². The Morgan fingerprint density at radius 2 is 2.20 bits per heavy atom. The molecule has 2 aliphatic rings. The zero-order valence-electron chi connectivity index (χ0n) is 13.2. The maximum atomic E-state index is 12.7. The van der Waals surface area contributed by atoms with Crippen LogP contribution in [-0.4, -0.2) is 36.3 Å². The maximum Gasteiger partial charge on any atom is 0.416 e. The fourth-order valence-corrected chi connectivity index (χ4v) is 3.83. The number of anilines is 1. The molecule has 0 unspecified atom stereocenters. The molecule has 2 aliphatic heterocycles. The molecule has 1 aromatic rings. The highest BCUT2D eigenvalue weighted by molar-refractivity contribution is 8.01. The number of benzene rings is 1. The van der Waals surface area contributed by atoms with Crippen molar-refractivity contribution in [2.45, 2.75) is 41.7 Å². The van der Waals surface area contributed by atoms with E-state index in [1.165, 1.54) is 6.07 Å². The molecule has 2 N–H and O–H groups in total. The molecule has 2 amide bonds. The molecule has 2 atom stereocenters. The second kappa shape index (κ2) is 7.25. The molecule has 0 saturated carbocycles. The van der Waals surface area contributed by atoms with E-state index in [0.717, 1.165) is 36.7 Å². The molecule has 0 aliphatic carbocycles. The summed E-state index contributed by atoms with van der Waals surface area (Å²) < 4.78 is 43.6. The molecule has 0 aromatic heterocycles. The Morgan fingerprint density at radius 1 is 1.40 bits per heavy atom. The topological polar surface area (TPSA) is 67.4 Å². The van der Waals surface area contributed by atoms with E-state index in [0.29, 0.717) is 18.0 Å². The van der Waals surface area contributed by atoms with Gasteiger partial charge in [-0.3, -0.25) is 9.59 Å². The SMILES string of the molecule is O=C(C[C@H]1Sc2ccc(C(F)(F)F)cc2NC1=O)NC[C@H]1CCCO1. The van der Waals surface area contributed by atoms with Crippen molar-refractivity contribution in [1.29, 1.82) is 0 Å². The molecule has 1 aromatic carbocycles. The summed E-state index contributed by atoms with van der Waals surface area (Å²) in [7, 11) is 0. The van der Waals surface area contributed by atoms with Gasteiger partial charge in [-0.25, -0.2) is 0 Å². The van der Waals surface area contributed by atoms with Gasteiger partial charge in [-0.15, -0.1) is 11.8 Å². The quantitative estimate of drug-likeness (QED) is 0.851. The van der Waals surface area contributed by atoms with Crippen molar-refractivity contribution in [3.63, 3.8) is 0 Å². The predicted octanol–water partition coefficient (Wildman–Crippen LogP) is 2.80. The third-order valence-electron chi connectivity index (χ3n) is 4.05. The number of halogens is 3. The van der Waals surface area contributed by atoms with Crippen molar-refractivity contribution in [2.24, 2.45) is 0 Å². The lowest BCUT2D eigenvalue weighted by Crippen LogP contribution is -2.37. The second-order valence-electron chi connectivity index (χ2n) is 5.95. The first-order chi connectivity index (χ1) is 11.8. The van der Waals surface area contributed by atoms with Gasteiger partial charge >= 0.3 is 6.18 Å². The maximum absolute atomic E-state index is 12.7. The van der Waals surface area contributed by atoms with Crippen molar-refractivity contribution < 1.29 is 27.5 Å². The van der Waals surface area contributed by atoms with Crippen LogP contribution in [0.3, 0.4) is 0 Å². The Morgan fingerprint density at radius 3 is 2.88 bits per heavy atom. The number of carbonyl (C=O) groups excluding carboxylic acids is 2. The molecule has 0 spiro atoms. The Balaban J connectivity index is 1.59. The van der Waals surface area contributed by atoms with Crippen LogP contribution in [0.25, 0.3) is 0 Å². The van der Waals surface area contributed by atoms with Crippen LogP contribution in [0.1, 0.15) is 24.8 Å². The molecule has 136 valence electrons. The van der Waals surface area contributed by atoms with Crippen LogP contribution < -0.4 is 10.6 Å². The van der Waals surface area contributed by atoms with Crippen molar-refractivity contribution in [1.82, 2.24) is 5.32 Å². The average molecular weight is 374 g/mol. The fourth-order valence-electron chi connectivity index (χ4n) is 2.73. The summed E-state index contributed by atoms with van der Waals surface area (Å²) in [5.74, 6) is -0.748. The molecule has 1 saturated heterocycles. The van der Waals surface area contributed by atoms with Crippen molar-refractivity contribution >= 4 is 29.3 Å². The number of nitrogens with one attached hydrogen (secondary N) is 2. The normalized spacial score (nSPS) is 23.1. The Bertz CT molecular complexity index is 675. The number of hydrogen-bond acceptors (Lipinski definition) is 4. The highest BCUT2D eigenvalue weighted by Crippen LogP contribution is 2.40. The van der Waals surface area contributed by atoms with Crippen LogP contribution in [-0.2, 0) is 20.5 Å². The minimum atomic E-state index is -4.47. The third-order valence-corrected chi connectivity index (χ3v) is 5.32. The lowest BCUT2D eigenvalue weighted by molar-refractivity contribution is -0.137. The molecule has 3 rings (SSSR count).